The summed E-state index contributed by atoms with van der Waals surface area (Å²) < 4.78 is 0. The number of pyridine rings is 1. The number of hydrogen-bond acceptors (Lipinski definition) is 2. The van der Waals surface area contributed by atoms with Gasteiger partial charge in [0.15, 0.2) is 0 Å². The van der Waals surface area contributed by atoms with Crippen molar-refractivity contribution in [2.75, 3.05) is 0 Å². The zero-order valence-corrected chi connectivity index (χ0v) is 7.89. The van der Waals surface area contributed by atoms with Gasteiger partial charge in [0.1, 0.15) is 5.75 Å². The van der Waals surface area contributed by atoms with Crippen LogP contribution in [0.15, 0.2) is 6.07 Å². The smallest absolute Gasteiger partial charge is 0.140 e. The Balaban J connectivity index is 3.22. The molecule has 0 atom stereocenters. The van der Waals surface area contributed by atoms with Gasteiger partial charge in [-0.15, -0.1) is 0 Å². The third kappa shape index (κ3) is 1.58. The van der Waals surface area contributed by atoms with Gasteiger partial charge >= 0.3 is 0 Å². The minimum Gasteiger partial charge on any atom is -0.506 e. The highest BCUT2D eigenvalue weighted by Crippen LogP contribution is 2.22. The zero-order valence-electron chi connectivity index (χ0n) is 7.89. The molecule has 1 rings (SSSR count). The van der Waals surface area contributed by atoms with Crippen LogP contribution in [0.25, 0.3) is 0 Å². The fourth-order valence-corrected chi connectivity index (χ4v) is 1.32. The van der Waals surface area contributed by atoms with E-state index in [1.165, 1.54) is 0 Å². The van der Waals surface area contributed by atoms with Crippen molar-refractivity contribution in [3.05, 3.63) is 23.0 Å². The lowest BCUT2D eigenvalue weighted by Crippen LogP contribution is -1.95. The first-order chi connectivity index (χ1) is 5.69. The summed E-state index contributed by atoms with van der Waals surface area (Å²) in [7, 11) is 0. The molecule has 1 aromatic rings. The fraction of sp³-hybridized carbons (Fsp3) is 0.500. The lowest BCUT2D eigenvalue weighted by Gasteiger charge is -2.07. The van der Waals surface area contributed by atoms with Crippen LogP contribution in [0.3, 0.4) is 0 Å². The van der Waals surface area contributed by atoms with Crippen LogP contribution in [0.5, 0.6) is 5.75 Å². The average molecular weight is 165 g/mol. The van der Waals surface area contributed by atoms with E-state index < -0.39 is 0 Å². The first-order valence-electron chi connectivity index (χ1n) is 4.37. The summed E-state index contributed by atoms with van der Waals surface area (Å²) in [6.45, 7) is 5.99. The van der Waals surface area contributed by atoms with E-state index in [0.717, 1.165) is 29.8 Å². The number of aromatic nitrogens is 1. The molecule has 0 saturated carbocycles. The highest BCUT2D eigenvalue weighted by atomic mass is 16.3. The molecule has 0 spiro atoms. The third-order valence-electron chi connectivity index (χ3n) is 1.99. The molecule has 0 amide bonds. The van der Waals surface area contributed by atoms with Crippen LogP contribution in [0, 0.1) is 6.92 Å². The molecule has 66 valence electrons. The van der Waals surface area contributed by atoms with Gasteiger partial charge in [-0.2, -0.15) is 0 Å². The average Bonchev–Trinajstić information content (AvgIpc) is 2.08. The summed E-state index contributed by atoms with van der Waals surface area (Å²) in [6.07, 6.45) is 1.66. The maximum Gasteiger partial charge on any atom is 0.140 e. The monoisotopic (exact) mass is 165 g/mol. The Morgan fingerprint density at radius 2 is 2.00 bits per heavy atom. The van der Waals surface area contributed by atoms with Gasteiger partial charge in [-0.1, -0.05) is 13.8 Å². The second-order valence-corrected chi connectivity index (χ2v) is 2.93. The fourth-order valence-electron chi connectivity index (χ4n) is 1.32. The number of hydrogen-bond donors (Lipinski definition) is 1. The molecule has 0 aliphatic carbocycles. The Labute approximate surface area is 73.3 Å². The van der Waals surface area contributed by atoms with Gasteiger partial charge in [-0.3, -0.25) is 4.98 Å². The lowest BCUT2D eigenvalue weighted by molar-refractivity contribution is 0.457. The molecule has 1 N–H and O–H groups in total. The van der Waals surface area contributed by atoms with E-state index in [2.05, 4.69) is 4.98 Å². The second kappa shape index (κ2) is 3.57. The van der Waals surface area contributed by atoms with E-state index in [1.807, 2.05) is 26.8 Å². The van der Waals surface area contributed by atoms with Crippen molar-refractivity contribution in [1.29, 1.82) is 0 Å². The summed E-state index contributed by atoms with van der Waals surface area (Å²) >= 11 is 0. The van der Waals surface area contributed by atoms with E-state index in [-0.39, 0.29) is 0 Å². The summed E-state index contributed by atoms with van der Waals surface area (Å²) in [4.78, 5) is 4.25. The molecule has 0 bridgehead atoms. The molecule has 12 heavy (non-hydrogen) atoms. The molecule has 0 unspecified atom stereocenters. The molecule has 1 heterocycles. The van der Waals surface area contributed by atoms with Crippen LogP contribution in [0.1, 0.15) is 30.8 Å². The predicted molar refractivity (Wildman–Crippen MR) is 49.4 cm³/mol. The summed E-state index contributed by atoms with van der Waals surface area (Å²) in [5.41, 5.74) is 2.80. The number of nitrogens with zero attached hydrogens (tertiary/aromatic N) is 1. The lowest BCUT2D eigenvalue weighted by atomic mass is 10.1. The van der Waals surface area contributed by atoms with Crippen molar-refractivity contribution < 1.29 is 5.11 Å². The van der Waals surface area contributed by atoms with Gasteiger partial charge in [0, 0.05) is 5.69 Å². The largest absolute Gasteiger partial charge is 0.506 e. The highest BCUT2D eigenvalue weighted by Gasteiger charge is 2.06. The van der Waals surface area contributed by atoms with Crippen LogP contribution in [0.2, 0.25) is 0 Å². The van der Waals surface area contributed by atoms with Crippen LogP contribution in [-0.4, -0.2) is 10.1 Å². The van der Waals surface area contributed by atoms with E-state index in [1.54, 1.807) is 0 Å². The predicted octanol–water partition coefficient (Wildman–Crippen LogP) is 2.22. The van der Waals surface area contributed by atoms with Crippen LogP contribution >= 0.6 is 0 Å². The van der Waals surface area contributed by atoms with Crippen molar-refractivity contribution in [2.45, 2.75) is 33.6 Å². The first-order valence-corrected chi connectivity index (χ1v) is 4.37. The van der Waals surface area contributed by atoms with Gasteiger partial charge < -0.3 is 5.11 Å². The van der Waals surface area contributed by atoms with Crippen molar-refractivity contribution in [1.82, 2.24) is 4.98 Å². The molecular weight excluding hydrogens is 150 g/mol. The van der Waals surface area contributed by atoms with E-state index in [4.69, 9.17) is 0 Å². The molecule has 2 heteroatoms. The summed E-state index contributed by atoms with van der Waals surface area (Å²) in [5.74, 6) is 0.380. The molecular formula is C10H15NO. The molecule has 0 aliphatic heterocycles. The molecule has 0 saturated heterocycles. The maximum atomic E-state index is 9.65. The van der Waals surface area contributed by atoms with Crippen molar-refractivity contribution >= 4 is 0 Å². The van der Waals surface area contributed by atoms with Gasteiger partial charge in [0.25, 0.3) is 0 Å². The Hall–Kier alpha value is -1.05. The quantitative estimate of drug-likeness (QED) is 0.729. The Kier molecular flexibility index (Phi) is 2.69. The number of aromatic hydroxyl groups is 1. The van der Waals surface area contributed by atoms with Gasteiger partial charge in [-0.05, 0) is 31.4 Å². The van der Waals surface area contributed by atoms with Gasteiger partial charge in [0.2, 0.25) is 0 Å². The maximum absolute atomic E-state index is 9.65. The summed E-state index contributed by atoms with van der Waals surface area (Å²) in [6, 6.07) is 1.94. The number of aryl methyl sites for hydroxylation is 3. The van der Waals surface area contributed by atoms with Gasteiger partial charge in [0.05, 0.1) is 5.69 Å². The highest BCUT2D eigenvalue weighted by molar-refractivity contribution is 5.37. The molecule has 0 fully saturated rings. The molecule has 0 aromatic carbocycles. The SMILES string of the molecule is CCc1cc(C)nc(CC)c1O. The van der Waals surface area contributed by atoms with E-state index in [9.17, 15) is 5.11 Å². The van der Waals surface area contributed by atoms with E-state index >= 15 is 0 Å². The zero-order chi connectivity index (χ0) is 9.14. The normalized spacial score (nSPS) is 10.2. The van der Waals surface area contributed by atoms with Crippen LogP contribution < -0.4 is 0 Å². The molecule has 0 radical (unpaired) electrons. The minimum atomic E-state index is 0.380. The van der Waals surface area contributed by atoms with E-state index in [0.29, 0.717) is 5.75 Å². The molecule has 1 aromatic heterocycles. The second-order valence-electron chi connectivity index (χ2n) is 2.93. The Bertz CT molecular complexity index is 256. The minimum absolute atomic E-state index is 0.380. The van der Waals surface area contributed by atoms with Crippen molar-refractivity contribution in [3.63, 3.8) is 0 Å². The van der Waals surface area contributed by atoms with Crippen molar-refractivity contribution in [2.24, 2.45) is 0 Å². The van der Waals surface area contributed by atoms with Gasteiger partial charge in [-0.25, -0.2) is 0 Å². The Morgan fingerprint density at radius 1 is 1.33 bits per heavy atom. The first kappa shape index (κ1) is 9.04. The third-order valence-corrected chi connectivity index (χ3v) is 1.99. The standard InChI is InChI=1S/C10H15NO/c1-4-8-6-7(3)11-9(5-2)10(8)12/h6,12H,4-5H2,1-3H3. The molecule has 0 aliphatic rings. The number of rotatable bonds is 2. The Morgan fingerprint density at radius 3 is 2.50 bits per heavy atom. The summed E-state index contributed by atoms with van der Waals surface area (Å²) in [5, 5.41) is 9.65. The van der Waals surface area contributed by atoms with Crippen LogP contribution in [0.4, 0.5) is 0 Å². The van der Waals surface area contributed by atoms with Crippen LogP contribution in [-0.2, 0) is 12.8 Å². The van der Waals surface area contributed by atoms with Crippen molar-refractivity contribution in [3.8, 4) is 5.75 Å². The molecule has 2 nitrogen and oxygen atoms in total. The topological polar surface area (TPSA) is 33.1 Å².